The molecule has 0 saturated heterocycles. The highest BCUT2D eigenvalue weighted by atomic mass is 32.1. The Kier molecular flexibility index (Phi) is 5.94. The van der Waals surface area contributed by atoms with Crippen LogP contribution in [-0.4, -0.2) is 39.2 Å². The molecule has 3 aromatic heterocycles. The third-order valence-corrected chi connectivity index (χ3v) is 5.30. The number of hydrogen-bond donors (Lipinski definition) is 1. The van der Waals surface area contributed by atoms with Gasteiger partial charge in [0.15, 0.2) is 5.69 Å². The summed E-state index contributed by atoms with van der Waals surface area (Å²) in [5.41, 5.74) is 3.33. The Hall–Kier alpha value is -3.72. The molecule has 9 heteroatoms. The van der Waals surface area contributed by atoms with Crippen LogP contribution in [0.4, 0.5) is 11.6 Å². The number of esters is 1. The summed E-state index contributed by atoms with van der Waals surface area (Å²) in [6, 6.07) is 11.2. The van der Waals surface area contributed by atoms with Gasteiger partial charge in [-0.15, -0.1) is 11.3 Å². The van der Waals surface area contributed by atoms with Crippen molar-refractivity contribution < 1.29 is 14.3 Å². The van der Waals surface area contributed by atoms with Gasteiger partial charge in [0.2, 0.25) is 5.95 Å². The molecule has 1 aromatic carbocycles. The number of rotatable bonds is 7. The van der Waals surface area contributed by atoms with Crippen molar-refractivity contribution >= 4 is 28.9 Å². The first-order valence-corrected chi connectivity index (χ1v) is 10.5. The van der Waals surface area contributed by atoms with Gasteiger partial charge in [-0.25, -0.2) is 19.7 Å². The largest absolute Gasteiger partial charge is 0.494 e. The molecular formula is C22H21N5O3S. The average molecular weight is 436 g/mol. The highest BCUT2D eigenvalue weighted by molar-refractivity contribution is 7.13. The maximum Gasteiger partial charge on any atom is 0.357 e. The second kappa shape index (κ2) is 8.97. The maximum absolute atomic E-state index is 12.3. The number of thiophene rings is 1. The van der Waals surface area contributed by atoms with E-state index in [0.717, 1.165) is 21.9 Å². The van der Waals surface area contributed by atoms with E-state index >= 15 is 0 Å². The number of carbonyl (C=O) groups is 1. The number of anilines is 2. The van der Waals surface area contributed by atoms with Crippen molar-refractivity contribution in [3.8, 4) is 22.0 Å². The summed E-state index contributed by atoms with van der Waals surface area (Å²) in [4.78, 5) is 26.4. The summed E-state index contributed by atoms with van der Waals surface area (Å²) in [6.45, 7) is 3.96. The molecule has 4 rings (SSSR count). The lowest BCUT2D eigenvalue weighted by atomic mass is 10.2. The van der Waals surface area contributed by atoms with E-state index in [9.17, 15) is 4.79 Å². The first kappa shape index (κ1) is 20.5. The molecule has 0 aliphatic carbocycles. The molecule has 0 spiro atoms. The number of hydrogen-bond acceptors (Lipinski definition) is 8. The summed E-state index contributed by atoms with van der Waals surface area (Å²) >= 11 is 1.53. The molecule has 0 unspecified atom stereocenters. The Morgan fingerprint density at radius 1 is 1.23 bits per heavy atom. The molecule has 3 heterocycles. The molecule has 0 radical (unpaired) electrons. The molecule has 0 saturated carbocycles. The van der Waals surface area contributed by atoms with Crippen molar-refractivity contribution in [1.29, 1.82) is 0 Å². The minimum Gasteiger partial charge on any atom is -0.494 e. The second-order valence-corrected chi connectivity index (χ2v) is 7.54. The lowest BCUT2D eigenvalue weighted by Gasteiger charge is -2.13. The molecule has 0 aliphatic rings. The molecule has 31 heavy (non-hydrogen) atoms. The van der Waals surface area contributed by atoms with Crippen molar-refractivity contribution in [1.82, 2.24) is 19.5 Å². The number of aryl methyl sites for hydroxylation is 1. The van der Waals surface area contributed by atoms with E-state index in [-0.39, 0.29) is 12.3 Å². The normalized spacial score (nSPS) is 10.7. The van der Waals surface area contributed by atoms with Crippen molar-refractivity contribution in [2.24, 2.45) is 0 Å². The summed E-state index contributed by atoms with van der Waals surface area (Å²) in [7, 11) is 1.61. The monoisotopic (exact) mass is 435 g/mol. The zero-order valence-corrected chi connectivity index (χ0v) is 18.1. The quantitative estimate of drug-likeness (QED) is 0.423. The van der Waals surface area contributed by atoms with Crippen LogP contribution in [0.1, 0.15) is 23.1 Å². The molecule has 8 nitrogen and oxygen atoms in total. The number of ether oxygens (including phenoxy) is 2. The van der Waals surface area contributed by atoms with E-state index in [1.54, 1.807) is 26.4 Å². The van der Waals surface area contributed by atoms with Crippen LogP contribution in [0.15, 0.2) is 54.3 Å². The first-order valence-electron chi connectivity index (χ1n) is 9.63. The van der Waals surface area contributed by atoms with E-state index in [2.05, 4.69) is 20.3 Å². The van der Waals surface area contributed by atoms with Gasteiger partial charge >= 0.3 is 5.97 Å². The van der Waals surface area contributed by atoms with E-state index in [0.29, 0.717) is 17.4 Å². The van der Waals surface area contributed by atoms with Crippen LogP contribution in [0.2, 0.25) is 0 Å². The zero-order chi connectivity index (χ0) is 21.8. The van der Waals surface area contributed by atoms with E-state index < -0.39 is 5.97 Å². The van der Waals surface area contributed by atoms with Crippen LogP contribution in [0.3, 0.4) is 0 Å². The highest BCUT2D eigenvalue weighted by Crippen LogP contribution is 2.29. The number of imidazole rings is 1. The molecule has 0 fully saturated rings. The van der Waals surface area contributed by atoms with Gasteiger partial charge in [0.25, 0.3) is 0 Å². The number of carbonyl (C=O) groups excluding carboxylic acids is 1. The molecule has 0 amide bonds. The summed E-state index contributed by atoms with van der Waals surface area (Å²) in [5.74, 6) is 0.457. The number of aromatic nitrogens is 4. The van der Waals surface area contributed by atoms with Crippen molar-refractivity contribution in [2.45, 2.75) is 13.8 Å². The van der Waals surface area contributed by atoms with Crippen molar-refractivity contribution in [2.75, 3.05) is 19.0 Å². The molecule has 4 aromatic rings. The van der Waals surface area contributed by atoms with Crippen molar-refractivity contribution in [3.05, 3.63) is 65.7 Å². The van der Waals surface area contributed by atoms with Gasteiger partial charge in [0, 0.05) is 18.0 Å². The molecular weight excluding hydrogens is 414 g/mol. The topological polar surface area (TPSA) is 91.2 Å². The highest BCUT2D eigenvalue weighted by Gasteiger charge is 2.15. The van der Waals surface area contributed by atoms with Gasteiger partial charge in [0.05, 0.1) is 42.0 Å². The van der Waals surface area contributed by atoms with Gasteiger partial charge in [-0.1, -0.05) is 6.07 Å². The smallest absolute Gasteiger partial charge is 0.357 e. The predicted molar refractivity (Wildman–Crippen MR) is 119 cm³/mol. The third-order valence-electron chi connectivity index (χ3n) is 4.41. The fourth-order valence-electron chi connectivity index (χ4n) is 3.01. The van der Waals surface area contributed by atoms with E-state index in [1.807, 2.05) is 53.4 Å². The molecule has 1 N–H and O–H groups in total. The molecule has 158 valence electrons. The van der Waals surface area contributed by atoms with E-state index in [1.165, 1.54) is 11.3 Å². The Morgan fingerprint density at radius 2 is 2.10 bits per heavy atom. The number of benzene rings is 1. The minimum absolute atomic E-state index is 0.195. The van der Waals surface area contributed by atoms with Crippen LogP contribution in [0, 0.1) is 6.92 Å². The molecule has 0 bridgehead atoms. The Balaban J connectivity index is 1.69. The Morgan fingerprint density at radius 3 is 2.77 bits per heavy atom. The SMILES string of the molecule is CCOC(=O)c1cc(-c2cccs2)nc(Nc2ccc(-n3cnc(C)c3)c(OC)c2)n1. The molecule has 0 atom stereocenters. The van der Waals surface area contributed by atoms with Crippen LogP contribution in [0.25, 0.3) is 16.3 Å². The first-order chi connectivity index (χ1) is 15.1. The standard InChI is InChI=1S/C22H21N5O3S/c1-4-30-21(28)17-11-16(20-6-5-9-31-20)25-22(26-17)24-15-7-8-18(19(10-15)29-3)27-12-14(2)23-13-27/h5-13H,4H2,1-3H3,(H,24,25,26). The van der Waals surface area contributed by atoms with Crippen molar-refractivity contribution in [3.63, 3.8) is 0 Å². The van der Waals surface area contributed by atoms with Crippen LogP contribution < -0.4 is 10.1 Å². The van der Waals surface area contributed by atoms with Gasteiger partial charge in [-0.2, -0.15) is 0 Å². The summed E-state index contributed by atoms with van der Waals surface area (Å²) in [6.07, 6.45) is 3.66. The fraction of sp³-hybridized carbons (Fsp3) is 0.182. The third kappa shape index (κ3) is 4.56. The average Bonchev–Trinajstić information content (AvgIpc) is 3.46. The van der Waals surface area contributed by atoms with E-state index in [4.69, 9.17) is 9.47 Å². The second-order valence-electron chi connectivity index (χ2n) is 6.59. The Bertz CT molecular complexity index is 1200. The Labute approximate surface area is 183 Å². The zero-order valence-electron chi connectivity index (χ0n) is 17.3. The lowest BCUT2D eigenvalue weighted by Crippen LogP contribution is -2.10. The maximum atomic E-state index is 12.3. The van der Waals surface area contributed by atoms with Gasteiger partial charge in [-0.3, -0.25) is 0 Å². The summed E-state index contributed by atoms with van der Waals surface area (Å²) in [5, 5.41) is 5.13. The van der Waals surface area contributed by atoms with Gasteiger partial charge in [-0.05, 0) is 43.5 Å². The lowest BCUT2D eigenvalue weighted by molar-refractivity contribution is 0.0519. The summed E-state index contributed by atoms with van der Waals surface area (Å²) < 4.78 is 12.6. The minimum atomic E-state index is -0.492. The number of nitrogens with one attached hydrogen (secondary N) is 1. The van der Waals surface area contributed by atoms with Crippen LogP contribution in [0.5, 0.6) is 5.75 Å². The van der Waals surface area contributed by atoms with Gasteiger partial charge in [0.1, 0.15) is 5.75 Å². The predicted octanol–water partition coefficient (Wildman–Crippen LogP) is 4.63. The van der Waals surface area contributed by atoms with Crippen LogP contribution >= 0.6 is 11.3 Å². The fourth-order valence-corrected chi connectivity index (χ4v) is 3.70. The molecule has 0 aliphatic heterocycles. The number of methoxy groups -OCH3 is 1. The van der Waals surface area contributed by atoms with Crippen LogP contribution in [-0.2, 0) is 4.74 Å². The van der Waals surface area contributed by atoms with Gasteiger partial charge < -0.3 is 19.4 Å². The number of nitrogens with zero attached hydrogens (tertiary/aromatic N) is 4.